The van der Waals surface area contributed by atoms with Gasteiger partial charge in [0.2, 0.25) is 0 Å². The Balaban J connectivity index is 2.56. The van der Waals surface area contributed by atoms with Gasteiger partial charge >= 0.3 is 6.18 Å². The predicted molar refractivity (Wildman–Crippen MR) is 73.0 cm³/mol. The maximum absolute atomic E-state index is 14.0. The number of hydrogen-bond acceptors (Lipinski definition) is 2. The van der Waals surface area contributed by atoms with E-state index in [2.05, 4.69) is 21.2 Å². The molecule has 1 aliphatic heterocycles. The molecule has 20 heavy (non-hydrogen) atoms. The molecule has 0 aromatic heterocycles. The van der Waals surface area contributed by atoms with Crippen LogP contribution in [-0.2, 0) is 10.3 Å². The van der Waals surface area contributed by atoms with E-state index in [-0.39, 0.29) is 17.2 Å². The van der Waals surface area contributed by atoms with Crippen LogP contribution in [0.1, 0.15) is 12.5 Å². The Morgan fingerprint density at radius 3 is 2.70 bits per heavy atom. The van der Waals surface area contributed by atoms with E-state index in [0.29, 0.717) is 4.47 Å². The second kappa shape index (κ2) is 5.23. The molecule has 110 valence electrons. The number of alkyl halides is 3. The molecular formula is C12H10BrF4NOS. The summed E-state index contributed by atoms with van der Waals surface area (Å²) >= 11 is 7.99. The Kier molecular flexibility index (Phi) is 4.10. The number of thiocarbonyl (C=S) groups is 1. The Hall–Kier alpha value is -0.730. The first-order valence-electron chi connectivity index (χ1n) is 5.59. The summed E-state index contributed by atoms with van der Waals surface area (Å²) in [5.74, 6) is -0.759. The van der Waals surface area contributed by atoms with Crippen LogP contribution in [0, 0.1) is 5.82 Å². The van der Waals surface area contributed by atoms with Gasteiger partial charge in [-0.05, 0) is 25.1 Å². The zero-order valence-electron chi connectivity index (χ0n) is 10.2. The molecule has 0 aliphatic carbocycles. The Morgan fingerprint density at radius 2 is 2.10 bits per heavy atom. The fraction of sp³-hybridized carbons (Fsp3) is 0.417. The lowest BCUT2D eigenvalue weighted by Gasteiger charge is -2.43. The van der Waals surface area contributed by atoms with Gasteiger partial charge in [-0.2, -0.15) is 13.2 Å². The van der Waals surface area contributed by atoms with E-state index in [4.69, 9.17) is 17.0 Å². The van der Waals surface area contributed by atoms with Gasteiger partial charge in [0, 0.05) is 10.0 Å². The standard InChI is InChI=1S/C12H10BrF4NOS/c1-11(7-4-6(13)2-3-8(7)14)10(12(15,16)17)19-5-9(20)18-11/h2-4,10H,5H2,1H3,(H,18,20)/t10-,11?/m1/s1. The van der Waals surface area contributed by atoms with Crippen LogP contribution in [0.5, 0.6) is 0 Å². The largest absolute Gasteiger partial charge is 0.417 e. The first kappa shape index (κ1) is 15.7. The van der Waals surface area contributed by atoms with Gasteiger partial charge in [-0.1, -0.05) is 28.1 Å². The number of ether oxygens (including phenoxy) is 1. The van der Waals surface area contributed by atoms with Gasteiger partial charge in [-0.25, -0.2) is 4.39 Å². The van der Waals surface area contributed by atoms with E-state index < -0.39 is 23.6 Å². The summed E-state index contributed by atoms with van der Waals surface area (Å²) in [7, 11) is 0. The third-order valence-electron chi connectivity index (χ3n) is 3.09. The smallest absolute Gasteiger partial charge is 0.365 e. The maximum atomic E-state index is 14.0. The van der Waals surface area contributed by atoms with Crippen molar-refractivity contribution in [1.29, 1.82) is 0 Å². The van der Waals surface area contributed by atoms with Gasteiger partial charge in [0.1, 0.15) is 10.8 Å². The van der Waals surface area contributed by atoms with Crippen LogP contribution < -0.4 is 5.32 Å². The van der Waals surface area contributed by atoms with Crippen LogP contribution >= 0.6 is 28.1 Å². The van der Waals surface area contributed by atoms with Gasteiger partial charge in [0.25, 0.3) is 0 Å². The van der Waals surface area contributed by atoms with E-state index in [1.807, 2.05) is 0 Å². The minimum atomic E-state index is -4.65. The van der Waals surface area contributed by atoms with Crippen molar-refractivity contribution in [3.8, 4) is 0 Å². The minimum absolute atomic E-state index is 0.104. The average molecular weight is 372 g/mol. The van der Waals surface area contributed by atoms with Crippen LogP contribution in [0.2, 0.25) is 0 Å². The predicted octanol–water partition coefficient (Wildman–Crippen LogP) is 3.68. The van der Waals surface area contributed by atoms with Gasteiger partial charge in [0.15, 0.2) is 6.10 Å². The molecular weight excluding hydrogens is 362 g/mol. The van der Waals surface area contributed by atoms with E-state index in [9.17, 15) is 17.6 Å². The summed E-state index contributed by atoms with van der Waals surface area (Å²) in [6, 6.07) is 3.79. The SMILES string of the molecule is CC1(c2cc(Br)ccc2F)NC(=S)CO[C@H]1C(F)(F)F. The molecule has 1 N–H and O–H groups in total. The highest BCUT2D eigenvalue weighted by Gasteiger charge is 2.56. The normalized spacial score (nSPS) is 27.3. The van der Waals surface area contributed by atoms with Crippen LogP contribution in [0.3, 0.4) is 0 Å². The Labute approximate surface area is 126 Å². The van der Waals surface area contributed by atoms with Gasteiger partial charge in [-0.3, -0.25) is 0 Å². The quantitative estimate of drug-likeness (QED) is 0.600. The maximum Gasteiger partial charge on any atom is 0.417 e. The fourth-order valence-electron chi connectivity index (χ4n) is 2.24. The topological polar surface area (TPSA) is 21.3 Å². The Bertz CT molecular complexity index is 551. The van der Waals surface area contributed by atoms with Crippen molar-refractivity contribution in [1.82, 2.24) is 5.32 Å². The molecule has 8 heteroatoms. The number of nitrogens with one attached hydrogen (secondary N) is 1. The lowest BCUT2D eigenvalue weighted by Crippen LogP contribution is -2.63. The van der Waals surface area contributed by atoms with E-state index in [1.165, 1.54) is 19.1 Å². The summed E-state index contributed by atoms with van der Waals surface area (Å²) in [6.45, 7) is 0.881. The van der Waals surface area contributed by atoms with Crippen molar-refractivity contribution < 1.29 is 22.3 Å². The number of halogens is 5. The summed E-state index contributed by atoms with van der Waals surface area (Å²) < 4.78 is 58.7. The second-order valence-electron chi connectivity index (χ2n) is 4.61. The molecule has 1 aromatic rings. The lowest BCUT2D eigenvalue weighted by atomic mass is 9.84. The first-order chi connectivity index (χ1) is 9.14. The van der Waals surface area contributed by atoms with Crippen molar-refractivity contribution in [2.24, 2.45) is 0 Å². The molecule has 0 saturated carbocycles. The molecule has 1 aromatic carbocycles. The first-order valence-corrected chi connectivity index (χ1v) is 6.79. The average Bonchev–Trinajstić information content (AvgIpc) is 2.30. The molecule has 0 spiro atoms. The zero-order valence-corrected chi connectivity index (χ0v) is 12.6. The van der Waals surface area contributed by atoms with Gasteiger partial charge in [-0.15, -0.1) is 0 Å². The lowest BCUT2D eigenvalue weighted by molar-refractivity contribution is -0.243. The molecule has 1 saturated heterocycles. The third kappa shape index (κ3) is 2.82. The van der Waals surface area contributed by atoms with Gasteiger partial charge < -0.3 is 10.1 Å². The van der Waals surface area contributed by atoms with Crippen molar-refractivity contribution >= 4 is 33.1 Å². The molecule has 0 radical (unpaired) electrons. The summed E-state index contributed by atoms with van der Waals surface area (Å²) in [4.78, 5) is 0.104. The summed E-state index contributed by atoms with van der Waals surface area (Å²) in [5, 5.41) is 2.56. The van der Waals surface area contributed by atoms with Gasteiger partial charge in [0.05, 0.1) is 12.1 Å². The zero-order chi connectivity index (χ0) is 15.1. The number of benzene rings is 1. The van der Waals surface area contributed by atoms with E-state index >= 15 is 0 Å². The fourth-order valence-corrected chi connectivity index (χ4v) is 2.88. The van der Waals surface area contributed by atoms with Crippen LogP contribution in [0.25, 0.3) is 0 Å². The highest BCUT2D eigenvalue weighted by Crippen LogP contribution is 2.40. The molecule has 0 amide bonds. The minimum Gasteiger partial charge on any atom is -0.365 e. The molecule has 2 rings (SSSR count). The highest BCUT2D eigenvalue weighted by molar-refractivity contribution is 9.10. The van der Waals surface area contributed by atoms with E-state index in [1.54, 1.807) is 0 Å². The van der Waals surface area contributed by atoms with Crippen LogP contribution in [0.15, 0.2) is 22.7 Å². The second-order valence-corrected chi connectivity index (χ2v) is 6.02. The molecule has 2 nitrogen and oxygen atoms in total. The van der Waals surface area contributed by atoms with Crippen molar-refractivity contribution in [2.75, 3.05) is 6.61 Å². The number of rotatable bonds is 1. The number of morpholine rings is 1. The Morgan fingerprint density at radius 1 is 1.45 bits per heavy atom. The third-order valence-corrected chi connectivity index (χ3v) is 3.80. The van der Waals surface area contributed by atoms with Crippen molar-refractivity contribution in [3.63, 3.8) is 0 Å². The summed E-state index contributed by atoms with van der Waals surface area (Å²) in [6.07, 6.45) is -6.84. The highest BCUT2D eigenvalue weighted by atomic mass is 79.9. The molecule has 1 unspecified atom stereocenters. The molecule has 1 fully saturated rings. The molecule has 1 heterocycles. The summed E-state index contributed by atoms with van der Waals surface area (Å²) in [5.41, 5.74) is -1.97. The number of hydrogen-bond donors (Lipinski definition) is 1. The monoisotopic (exact) mass is 371 g/mol. The van der Waals surface area contributed by atoms with Crippen molar-refractivity contribution in [2.45, 2.75) is 24.7 Å². The van der Waals surface area contributed by atoms with Crippen LogP contribution in [-0.4, -0.2) is 23.9 Å². The van der Waals surface area contributed by atoms with Crippen LogP contribution in [0.4, 0.5) is 17.6 Å². The van der Waals surface area contributed by atoms with Crippen molar-refractivity contribution in [3.05, 3.63) is 34.1 Å². The molecule has 2 atom stereocenters. The molecule has 0 bridgehead atoms. The van der Waals surface area contributed by atoms with E-state index in [0.717, 1.165) is 6.07 Å². The molecule has 1 aliphatic rings.